The minimum atomic E-state index is 0.503. The SMILES string of the molecule is Cn1cc2cccc(C3CCCN3)c2n1. The highest BCUT2D eigenvalue weighted by Gasteiger charge is 2.19. The second kappa shape index (κ2) is 3.35. The number of nitrogens with zero attached hydrogens (tertiary/aromatic N) is 2. The number of rotatable bonds is 1. The monoisotopic (exact) mass is 201 g/mol. The number of aryl methyl sites for hydroxylation is 1. The van der Waals surface area contributed by atoms with E-state index in [1.807, 2.05) is 11.7 Å². The molecule has 1 saturated heterocycles. The molecular formula is C12H15N3. The Labute approximate surface area is 89.1 Å². The van der Waals surface area contributed by atoms with Gasteiger partial charge < -0.3 is 5.32 Å². The van der Waals surface area contributed by atoms with E-state index < -0.39 is 0 Å². The molecule has 1 N–H and O–H groups in total. The van der Waals surface area contributed by atoms with Gasteiger partial charge in [0, 0.05) is 24.7 Å². The maximum atomic E-state index is 4.53. The molecule has 1 aliphatic heterocycles. The van der Waals surface area contributed by atoms with Gasteiger partial charge in [-0.1, -0.05) is 18.2 Å². The first-order chi connectivity index (χ1) is 7.34. The van der Waals surface area contributed by atoms with Crippen molar-refractivity contribution in [2.24, 2.45) is 7.05 Å². The Morgan fingerprint density at radius 3 is 3.20 bits per heavy atom. The van der Waals surface area contributed by atoms with E-state index in [4.69, 9.17) is 0 Å². The third kappa shape index (κ3) is 1.43. The molecule has 15 heavy (non-hydrogen) atoms. The summed E-state index contributed by atoms with van der Waals surface area (Å²) in [6.07, 6.45) is 4.58. The minimum Gasteiger partial charge on any atom is -0.310 e. The van der Waals surface area contributed by atoms with Crippen molar-refractivity contribution in [1.82, 2.24) is 15.1 Å². The standard InChI is InChI=1S/C12H15N3/c1-15-8-9-4-2-5-10(12(9)14-15)11-6-3-7-13-11/h2,4-5,8,11,13H,3,6-7H2,1H3. The van der Waals surface area contributed by atoms with Crippen molar-refractivity contribution < 1.29 is 0 Å². The average molecular weight is 201 g/mol. The van der Waals surface area contributed by atoms with Gasteiger partial charge in [0.05, 0.1) is 5.52 Å². The zero-order valence-electron chi connectivity index (χ0n) is 8.90. The first kappa shape index (κ1) is 8.92. The summed E-state index contributed by atoms with van der Waals surface area (Å²) in [4.78, 5) is 0. The van der Waals surface area contributed by atoms with Gasteiger partial charge in [0.2, 0.25) is 0 Å². The van der Waals surface area contributed by atoms with Gasteiger partial charge in [0.15, 0.2) is 0 Å². The van der Waals surface area contributed by atoms with E-state index >= 15 is 0 Å². The van der Waals surface area contributed by atoms with Crippen molar-refractivity contribution in [3.8, 4) is 0 Å². The van der Waals surface area contributed by atoms with Gasteiger partial charge in [-0.25, -0.2) is 0 Å². The molecule has 3 nitrogen and oxygen atoms in total. The molecular weight excluding hydrogens is 186 g/mol. The first-order valence-corrected chi connectivity index (χ1v) is 5.50. The predicted octanol–water partition coefficient (Wildman–Crippen LogP) is 2.00. The maximum absolute atomic E-state index is 4.53. The van der Waals surface area contributed by atoms with Gasteiger partial charge in [0.25, 0.3) is 0 Å². The molecule has 1 fully saturated rings. The second-order valence-corrected chi connectivity index (χ2v) is 4.24. The molecule has 2 heterocycles. The predicted molar refractivity (Wildman–Crippen MR) is 60.7 cm³/mol. The fraction of sp³-hybridized carbons (Fsp3) is 0.417. The minimum absolute atomic E-state index is 0.503. The van der Waals surface area contributed by atoms with Crippen LogP contribution in [-0.4, -0.2) is 16.3 Å². The summed E-state index contributed by atoms with van der Waals surface area (Å²) < 4.78 is 1.89. The van der Waals surface area contributed by atoms with Crippen LogP contribution in [0.3, 0.4) is 0 Å². The molecule has 0 amide bonds. The summed E-state index contributed by atoms with van der Waals surface area (Å²) in [6, 6.07) is 6.95. The van der Waals surface area contributed by atoms with Gasteiger partial charge >= 0.3 is 0 Å². The van der Waals surface area contributed by atoms with Crippen molar-refractivity contribution in [2.45, 2.75) is 18.9 Å². The van der Waals surface area contributed by atoms with Gasteiger partial charge in [-0.15, -0.1) is 0 Å². The van der Waals surface area contributed by atoms with E-state index in [2.05, 4.69) is 34.8 Å². The summed E-state index contributed by atoms with van der Waals surface area (Å²) in [5, 5.41) is 9.30. The average Bonchev–Trinajstić information content (AvgIpc) is 2.82. The van der Waals surface area contributed by atoms with Crippen LogP contribution in [0.4, 0.5) is 0 Å². The van der Waals surface area contributed by atoms with E-state index in [0.29, 0.717) is 6.04 Å². The highest BCUT2D eigenvalue weighted by molar-refractivity contribution is 5.81. The number of aromatic nitrogens is 2. The molecule has 2 aromatic rings. The van der Waals surface area contributed by atoms with Gasteiger partial charge in [0.1, 0.15) is 0 Å². The lowest BCUT2D eigenvalue weighted by molar-refractivity contribution is 0.649. The van der Waals surface area contributed by atoms with Gasteiger partial charge in [-0.05, 0) is 24.9 Å². The zero-order chi connectivity index (χ0) is 10.3. The van der Waals surface area contributed by atoms with E-state index in [9.17, 15) is 0 Å². The Morgan fingerprint density at radius 1 is 1.47 bits per heavy atom. The van der Waals surface area contributed by atoms with Crippen molar-refractivity contribution in [1.29, 1.82) is 0 Å². The van der Waals surface area contributed by atoms with Crippen LogP contribution in [0, 0.1) is 0 Å². The number of hydrogen-bond donors (Lipinski definition) is 1. The number of fused-ring (bicyclic) bond motifs is 1. The highest BCUT2D eigenvalue weighted by atomic mass is 15.2. The zero-order valence-corrected chi connectivity index (χ0v) is 8.90. The Balaban J connectivity index is 2.16. The quantitative estimate of drug-likeness (QED) is 0.764. The molecule has 0 aliphatic carbocycles. The Kier molecular flexibility index (Phi) is 1.99. The summed E-state index contributed by atoms with van der Waals surface area (Å²) >= 11 is 0. The topological polar surface area (TPSA) is 29.9 Å². The lowest BCUT2D eigenvalue weighted by Crippen LogP contribution is -2.13. The van der Waals surface area contributed by atoms with Crippen LogP contribution in [-0.2, 0) is 7.05 Å². The third-order valence-electron chi connectivity index (χ3n) is 3.12. The molecule has 3 rings (SSSR count). The Bertz CT molecular complexity index is 481. The third-order valence-corrected chi connectivity index (χ3v) is 3.12. The molecule has 0 spiro atoms. The molecule has 1 unspecified atom stereocenters. The number of nitrogens with one attached hydrogen (secondary N) is 1. The van der Waals surface area contributed by atoms with Crippen molar-refractivity contribution in [3.05, 3.63) is 30.0 Å². The van der Waals surface area contributed by atoms with Crippen molar-refractivity contribution in [3.63, 3.8) is 0 Å². The van der Waals surface area contributed by atoms with Crippen LogP contribution in [0.2, 0.25) is 0 Å². The van der Waals surface area contributed by atoms with Gasteiger partial charge in [-0.2, -0.15) is 5.10 Å². The van der Waals surface area contributed by atoms with E-state index in [1.54, 1.807) is 0 Å². The second-order valence-electron chi connectivity index (χ2n) is 4.24. The first-order valence-electron chi connectivity index (χ1n) is 5.50. The van der Waals surface area contributed by atoms with Crippen LogP contribution < -0.4 is 5.32 Å². The lowest BCUT2D eigenvalue weighted by Gasteiger charge is -2.10. The molecule has 1 aromatic heterocycles. The fourth-order valence-corrected chi connectivity index (χ4v) is 2.42. The van der Waals surface area contributed by atoms with E-state index in [0.717, 1.165) is 12.1 Å². The normalized spacial score (nSPS) is 21.3. The van der Waals surface area contributed by atoms with Crippen molar-refractivity contribution in [2.75, 3.05) is 6.54 Å². The van der Waals surface area contributed by atoms with E-state index in [1.165, 1.54) is 23.8 Å². The molecule has 1 aliphatic rings. The maximum Gasteiger partial charge on any atom is 0.0970 e. The highest BCUT2D eigenvalue weighted by Crippen LogP contribution is 2.28. The smallest absolute Gasteiger partial charge is 0.0970 e. The lowest BCUT2D eigenvalue weighted by atomic mass is 10.0. The summed E-state index contributed by atoms with van der Waals surface area (Å²) in [5.41, 5.74) is 2.50. The molecule has 1 aromatic carbocycles. The molecule has 3 heteroatoms. The molecule has 1 atom stereocenters. The van der Waals surface area contributed by atoms with Crippen LogP contribution >= 0.6 is 0 Å². The van der Waals surface area contributed by atoms with Crippen LogP contribution in [0.25, 0.3) is 10.9 Å². The molecule has 78 valence electrons. The Hall–Kier alpha value is -1.35. The van der Waals surface area contributed by atoms with Crippen LogP contribution in [0.1, 0.15) is 24.4 Å². The summed E-state index contributed by atoms with van der Waals surface area (Å²) in [5.74, 6) is 0. The summed E-state index contributed by atoms with van der Waals surface area (Å²) in [6.45, 7) is 1.13. The number of hydrogen-bond acceptors (Lipinski definition) is 2. The van der Waals surface area contributed by atoms with Crippen molar-refractivity contribution >= 4 is 10.9 Å². The fourth-order valence-electron chi connectivity index (χ4n) is 2.42. The number of benzene rings is 1. The van der Waals surface area contributed by atoms with Crippen LogP contribution in [0.5, 0.6) is 0 Å². The molecule has 0 saturated carbocycles. The largest absolute Gasteiger partial charge is 0.310 e. The van der Waals surface area contributed by atoms with Crippen LogP contribution in [0.15, 0.2) is 24.4 Å². The molecule has 0 bridgehead atoms. The Morgan fingerprint density at radius 2 is 2.40 bits per heavy atom. The van der Waals surface area contributed by atoms with E-state index in [-0.39, 0.29) is 0 Å². The summed E-state index contributed by atoms with van der Waals surface area (Å²) in [7, 11) is 1.98. The van der Waals surface area contributed by atoms with Gasteiger partial charge in [-0.3, -0.25) is 4.68 Å². The molecule has 0 radical (unpaired) electrons.